The molecule has 1 rings (SSSR count). The number of carbonyl (C=O) groups excluding carboxylic acids is 2. The molecule has 5 heteroatoms. The minimum Gasteiger partial charge on any atom is -0.463 e. The standard InChI is InChI=1S/C15H18ClNO3/c1-4-20-14(19)9-10-15(3,17-11(2)18)12-5-7-13(16)8-6-12/h5-10H,4H2,1-3H3,(H,17,18)/b10-9+. The monoisotopic (exact) mass is 295 g/mol. The molecule has 1 N–H and O–H groups in total. The van der Waals surface area contributed by atoms with E-state index in [2.05, 4.69) is 5.32 Å². The maximum atomic E-state index is 11.4. The van der Waals surface area contributed by atoms with E-state index in [-0.39, 0.29) is 5.91 Å². The highest BCUT2D eigenvalue weighted by Crippen LogP contribution is 2.24. The molecule has 0 spiro atoms. The van der Waals surface area contributed by atoms with E-state index in [0.29, 0.717) is 11.6 Å². The molecule has 1 unspecified atom stereocenters. The summed E-state index contributed by atoms with van der Waals surface area (Å²) in [5.74, 6) is -0.644. The van der Waals surface area contributed by atoms with E-state index in [1.165, 1.54) is 13.0 Å². The number of halogens is 1. The van der Waals surface area contributed by atoms with Crippen molar-refractivity contribution in [2.24, 2.45) is 0 Å². The highest BCUT2D eigenvalue weighted by atomic mass is 35.5. The third kappa shape index (κ3) is 4.70. The molecule has 108 valence electrons. The van der Waals surface area contributed by atoms with Gasteiger partial charge in [0.2, 0.25) is 5.91 Å². The van der Waals surface area contributed by atoms with Crippen LogP contribution < -0.4 is 5.32 Å². The molecule has 0 bridgehead atoms. The molecule has 0 saturated heterocycles. The Bertz CT molecular complexity index is 510. The number of ether oxygens (including phenoxy) is 1. The number of nitrogens with one attached hydrogen (secondary N) is 1. The van der Waals surface area contributed by atoms with Crippen LogP contribution in [0.2, 0.25) is 5.02 Å². The maximum Gasteiger partial charge on any atom is 0.330 e. The topological polar surface area (TPSA) is 55.4 Å². The average Bonchev–Trinajstić information content (AvgIpc) is 2.37. The summed E-state index contributed by atoms with van der Waals surface area (Å²) in [6, 6.07) is 7.06. The van der Waals surface area contributed by atoms with Gasteiger partial charge in [-0.25, -0.2) is 4.79 Å². The molecule has 0 aliphatic carbocycles. The van der Waals surface area contributed by atoms with E-state index < -0.39 is 11.5 Å². The molecule has 0 fully saturated rings. The molecule has 20 heavy (non-hydrogen) atoms. The van der Waals surface area contributed by atoms with E-state index >= 15 is 0 Å². The highest BCUT2D eigenvalue weighted by Gasteiger charge is 2.24. The van der Waals surface area contributed by atoms with E-state index in [0.717, 1.165) is 5.56 Å². The smallest absolute Gasteiger partial charge is 0.330 e. The molecule has 1 atom stereocenters. The first-order valence-corrected chi connectivity index (χ1v) is 6.66. The quantitative estimate of drug-likeness (QED) is 0.671. The van der Waals surface area contributed by atoms with Crippen LogP contribution in [0.3, 0.4) is 0 Å². The third-order valence-electron chi connectivity index (χ3n) is 2.72. The predicted octanol–water partition coefficient (Wildman–Crippen LogP) is 2.81. The molecule has 0 aromatic heterocycles. The van der Waals surface area contributed by atoms with Crippen LogP contribution in [0.25, 0.3) is 0 Å². The van der Waals surface area contributed by atoms with Crippen LogP contribution in [0.15, 0.2) is 36.4 Å². The summed E-state index contributed by atoms with van der Waals surface area (Å²) < 4.78 is 4.84. The Morgan fingerprint density at radius 3 is 2.45 bits per heavy atom. The van der Waals surface area contributed by atoms with E-state index in [4.69, 9.17) is 16.3 Å². The lowest BCUT2D eigenvalue weighted by atomic mass is 9.91. The first-order chi connectivity index (χ1) is 9.37. The van der Waals surface area contributed by atoms with Gasteiger partial charge in [-0.1, -0.05) is 23.7 Å². The molecular weight excluding hydrogens is 278 g/mol. The summed E-state index contributed by atoms with van der Waals surface area (Å²) in [6.07, 6.45) is 2.92. The summed E-state index contributed by atoms with van der Waals surface area (Å²) in [6.45, 7) is 5.26. The summed E-state index contributed by atoms with van der Waals surface area (Å²) >= 11 is 5.86. The van der Waals surface area contributed by atoms with Crippen molar-refractivity contribution < 1.29 is 14.3 Å². The van der Waals surface area contributed by atoms with Crippen LogP contribution >= 0.6 is 11.6 Å². The fraction of sp³-hybridized carbons (Fsp3) is 0.333. The number of rotatable bonds is 5. The molecule has 1 aromatic carbocycles. The van der Waals surface area contributed by atoms with Crippen LogP contribution in [0.4, 0.5) is 0 Å². The van der Waals surface area contributed by atoms with Gasteiger partial charge >= 0.3 is 5.97 Å². The minimum absolute atomic E-state index is 0.198. The van der Waals surface area contributed by atoms with Gasteiger partial charge in [-0.2, -0.15) is 0 Å². The SMILES string of the molecule is CCOC(=O)/C=C/C(C)(NC(C)=O)c1ccc(Cl)cc1. The molecular formula is C15H18ClNO3. The van der Waals surface area contributed by atoms with Crippen molar-refractivity contribution >= 4 is 23.5 Å². The van der Waals surface area contributed by atoms with Crippen LogP contribution in [-0.2, 0) is 19.9 Å². The summed E-state index contributed by atoms with van der Waals surface area (Å²) in [5, 5.41) is 3.42. The average molecular weight is 296 g/mol. The molecule has 1 aromatic rings. The van der Waals surface area contributed by atoms with Crippen molar-refractivity contribution in [1.82, 2.24) is 5.32 Å². The number of hydrogen-bond donors (Lipinski definition) is 1. The van der Waals surface area contributed by atoms with E-state index in [1.807, 2.05) is 0 Å². The van der Waals surface area contributed by atoms with Gasteiger partial charge in [0, 0.05) is 18.0 Å². The van der Waals surface area contributed by atoms with Crippen molar-refractivity contribution in [3.05, 3.63) is 47.0 Å². The lowest BCUT2D eigenvalue weighted by molar-refractivity contribution is -0.137. The van der Waals surface area contributed by atoms with Gasteiger partial charge in [-0.3, -0.25) is 4.79 Å². The number of hydrogen-bond acceptors (Lipinski definition) is 3. The summed E-state index contributed by atoms with van der Waals surface area (Å²) in [5.41, 5.74) is 0.0149. The van der Waals surface area contributed by atoms with Gasteiger partial charge in [-0.15, -0.1) is 0 Å². The normalized spacial score (nSPS) is 13.8. The van der Waals surface area contributed by atoms with Gasteiger partial charge in [0.1, 0.15) is 0 Å². The van der Waals surface area contributed by atoms with Crippen molar-refractivity contribution in [2.75, 3.05) is 6.61 Å². The fourth-order valence-corrected chi connectivity index (χ4v) is 1.92. The Morgan fingerprint density at radius 2 is 1.95 bits per heavy atom. The number of benzene rings is 1. The Labute approximate surface area is 123 Å². The first kappa shape index (κ1) is 16.2. The zero-order valence-electron chi connectivity index (χ0n) is 11.8. The molecule has 0 aliphatic heterocycles. The fourth-order valence-electron chi connectivity index (χ4n) is 1.80. The van der Waals surface area contributed by atoms with Crippen LogP contribution in [-0.4, -0.2) is 18.5 Å². The first-order valence-electron chi connectivity index (χ1n) is 6.28. The Balaban J connectivity index is 3.05. The maximum absolute atomic E-state index is 11.4. The van der Waals surface area contributed by atoms with Gasteiger partial charge in [0.25, 0.3) is 0 Å². The van der Waals surface area contributed by atoms with Crippen LogP contribution in [0, 0.1) is 0 Å². The number of amides is 1. The van der Waals surface area contributed by atoms with E-state index in [9.17, 15) is 9.59 Å². The second-order valence-corrected chi connectivity index (χ2v) is 4.91. The van der Waals surface area contributed by atoms with Gasteiger partial charge < -0.3 is 10.1 Å². The Kier molecular flexibility index (Phi) is 5.77. The van der Waals surface area contributed by atoms with Crippen molar-refractivity contribution in [2.45, 2.75) is 26.3 Å². The zero-order valence-corrected chi connectivity index (χ0v) is 12.5. The predicted molar refractivity (Wildman–Crippen MR) is 78.4 cm³/mol. The molecule has 1 amide bonds. The molecule has 0 aliphatic rings. The van der Waals surface area contributed by atoms with Crippen molar-refractivity contribution in [3.8, 4) is 0 Å². The summed E-state index contributed by atoms with van der Waals surface area (Å²) in [7, 11) is 0. The van der Waals surface area contributed by atoms with Crippen molar-refractivity contribution in [3.63, 3.8) is 0 Å². The van der Waals surface area contributed by atoms with Gasteiger partial charge in [0.15, 0.2) is 0 Å². The lowest BCUT2D eigenvalue weighted by Gasteiger charge is -2.27. The molecule has 0 saturated carbocycles. The Morgan fingerprint density at radius 1 is 1.35 bits per heavy atom. The molecule has 0 heterocycles. The largest absolute Gasteiger partial charge is 0.463 e. The highest BCUT2D eigenvalue weighted by molar-refractivity contribution is 6.30. The van der Waals surface area contributed by atoms with Crippen molar-refractivity contribution in [1.29, 1.82) is 0 Å². The second kappa shape index (κ2) is 7.10. The van der Waals surface area contributed by atoms with E-state index in [1.54, 1.807) is 44.2 Å². The second-order valence-electron chi connectivity index (χ2n) is 4.48. The van der Waals surface area contributed by atoms with Crippen LogP contribution in [0.5, 0.6) is 0 Å². The zero-order chi connectivity index (χ0) is 15.2. The number of esters is 1. The summed E-state index contributed by atoms with van der Waals surface area (Å²) in [4.78, 5) is 22.8. The minimum atomic E-state index is -0.802. The lowest BCUT2D eigenvalue weighted by Crippen LogP contribution is -2.40. The van der Waals surface area contributed by atoms with Gasteiger partial charge in [-0.05, 0) is 37.6 Å². The third-order valence-corrected chi connectivity index (χ3v) is 2.97. The Hall–Kier alpha value is -1.81. The van der Waals surface area contributed by atoms with Gasteiger partial charge in [0.05, 0.1) is 12.1 Å². The molecule has 0 radical (unpaired) electrons. The number of carbonyl (C=O) groups is 2. The molecule has 4 nitrogen and oxygen atoms in total. The van der Waals surface area contributed by atoms with Crippen LogP contribution in [0.1, 0.15) is 26.3 Å².